The zero-order chi connectivity index (χ0) is 14.7. The van der Waals surface area contributed by atoms with Crippen molar-refractivity contribution in [3.05, 3.63) is 57.8 Å². The van der Waals surface area contributed by atoms with E-state index >= 15 is 0 Å². The molecular formula is C13H8Cl2N2O3. The molecule has 2 N–H and O–H groups in total. The molecule has 1 aromatic heterocycles. The van der Waals surface area contributed by atoms with Crippen molar-refractivity contribution < 1.29 is 14.7 Å². The average Bonchev–Trinajstić information content (AvgIpc) is 2.42. The second-order valence-electron chi connectivity index (χ2n) is 3.79. The number of benzene rings is 1. The fourth-order valence-electron chi connectivity index (χ4n) is 1.51. The van der Waals surface area contributed by atoms with Crippen molar-refractivity contribution in [2.75, 3.05) is 5.32 Å². The third kappa shape index (κ3) is 3.07. The number of aromatic carboxylic acids is 1. The van der Waals surface area contributed by atoms with Crippen molar-refractivity contribution in [1.29, 1.82) is 0 Å². The molecule has 2 rings (SSSR count). The van der Waals surface area contributed by atoms with Crippen LogP contribution in [-0.2, 0) is 0 Å². The number of carboxylic acid groups (broad SMARTS) is 1. The maximum atomic E-state index is 12.0. The third-order valence-corrected chi connectivity index (χ3v) is 3.18. The van der Waals surface area contributed by atoms with E-state index in [9.17, 15) is 9.59 Å². The van der Waals surface area contributed by atoms with Gasteiger partial charge >= 0.3 is 5.97 Å². The molecule has 0 saturated heterocycles. The highest BCUT2D eigenvalue weighted by Crippen LogP contribution is 2.23. The Morgan fingerprint density at radius 1 is 1.15 bits per heavy atom. The molecular weight excluding hydrogens is 303 g/mol. The molecule has 0 atom stereocenters. The number of nitrogens with zero attached hydrogens (tertiary/aromatic N) is 1. The van der Waals surface area contributed by atoms with Gasteiger partial charge in [-0.25, -0.2) is 9.78 Å². The second kappa shape index (κ2) is 5.90. The summed E-state index contributed by atoms with van der Waals surface area (Å²) >= 11 is 11.6. The van der Waals surface area contributed by atoms with Crippen LogP contribution in [-0.4, -0.2) is 22.0 Å². The van der Waals surface area contributed by atoms with Crippen molar-refractivity contribution in [2.24, 2.45) is 0 Å². The smallest absolute Gasteiger partial charge is 0.356 e. The minimum atomic E-state index is -1.23. The van der Waals surface area contributed by atoms with Crippen molar-refractivity contribution in [3.63, 3.8) is 0 Å². The van der Waals surface area contributed by atoms with Gasteiger partial charge in [-0.1, -0.05) is 23.2 Å². The molecule has 1 heterocycles. The van der Waals surface area contributed by atoms with Crippen LogP contribution in [0.25, 0.3) is 0 Å². The summed E-state index contributed by atoms with van der Waals surface area (Å²) in [6.45, 7) is 0. The van der Waals surface area contributed by atoms with Crippen molar-refractivity contribution in [1.82, 2.24) is 4.98 Å². The summed E-state index contributed by atoms with van der Waals surface area (Å²) in [7, 11) is 0. The van der Waals surface area contributed by atoms with Gasteiger partial charge in [-0.3, -0.25) is 4.79 Å². The van der Waals surface area contributed by atoms with Crippen LogP contribution in [0.2, 0.25) is 10.0 Å². The predicted octanol–water partition coefficient (Wildman–Crippen LogP) is 3.34. The highest BCUT2D eigenvalue weighted by atomic mass is 35.5. The lowest BCUT2D eigenvalue weighted by atomic mass is 10.2. The molecule has 0 saturated carbocycles. The molecule has 102 valence electrons. The van der Waals surface area contributed by atoms with Gasteiger partial charge in [0.05, 0.1) is 15.7 Å². The molecule has 0 aliphatic heterocycles. The first-order chi connectivity index (χ1) is 9.49. The highest BCUT2D eigenvalue weighted by molar-refractivity contribution is 6.42. The van der Waals surface area contributed by atoms with Crippen molar-refractivity contribution >= 4 is 40.8 Å². The zero-order valence-corrected chi connectivity index (χ0v) is 11.4. The first-order valence-electron chi connectivity index (χ1n) is 5.44. The Kier molecular flexibility index (Phi) is 4.22. The summed E-state index contributed by atoms with van der Waals surface area (Å²) in [5.41, 5.74) is 0.136. The summed E-state index contributed by atoms with van der Waals surface area (Å²) in [5.74, 6) is -1.73. The fraction of sp³-hybridized carbons (Fsp3) is 0. The summed E-state index contributed by atoms with van der Waals surface area (Å²) in [4.78, 5) is 26.7. The third-order valence-electron chi connectivity index (χ3n) is 2.44. The monoisotopic (exact) mass is 310 g/mol. The second-order valence-corrected chi connectivity index (χ2v) is 4.60. The average molecular weight is 311 g/mol. The summed E-state index contributed by atoms with van der Waals surface area (Å²) in [6, 6.07) is 7.35. The Hall–Kier alpha value is -2.11. The molecule has 0 bridgehead atoms. The maximum Gasteiger partial charge on any atom is 0.356 e. The predicted molar refractivity (Wildman–Crippen MR) is 75.6 cm³/mol. The topological polar surface area (TPSA) is 79.3 Å². The Morgan fingerprint density at radius 2 is 1.90 bits per heavy atom. The van der Waals surface area contributed by atoms with Crippen LogP contribution in [0.5, 0.6) is 0 Å². The largest absolute Gasteiger partial charge is 0.476 e. The number of hydrogen-bond acceptors (Lipinski definition) is 3. The number of aromatic nitrogens is 1. The molecule has 7 heteroatoms. The van der Waals surface area contributed by atoms with Crippen LogP contribution in [0.15, 0.2) is 36.5 Å². The van der Waals surface area contributed by atoms with Gasteiger partial charge in [0.25, 0.3) is 5.91 Å². The van der Waals surface area contributed by atoms with Gasteiger partial charge in [0, 0.05) is 11.8 Å². The zero-order valence-electron chi connectivity index (χ0n) is 9.93. The minimum absolute atomic E-state index is 0.107. The maximum absolute atomic E-state index is 12.0. The molecule has 0 unspecified atom stereocenters. The molecule has 0 aliphatic carbocycles. The van der Waals surface area contributed by atoms with Crippen LogP contribution < -0.4 is 5.32 Å². The van der Waals surface area contributed by atoms with Gasteiger partial charge in [0.15, 0.2) is 5.69 Å². The number of hydrogen-bond donors (Lipinski definition) is 2. The van der Waals surface area contributed by atoms with Crippen LogP contribution in [0.1, 0.15) is 20.8 Å². The minimum Gasteiger partial charge on any atom is -0.476 e. The van der Waals surface area contributed by atoms with Gasteiger partial charge in [-0.15, -0.1) is 0 Å². The number of rotatable bonds is 3. The van der Waals surface area contributed by atoms with Gasteiger partial charge in [-0.2, -0.15) is 0 Å². The van der Waals surface area contributed by atoms with E-state index in [0.29, 0.717) is 5.02 Å². The number of carbonyl (C=O) groups excluding carboxylic acids is 1. The van der Waals surface area contributed by atoms with Crippen LogP contribution in [0.4, 0.5) is 5.69 Å². The number of halogens is 2. The van der Waals surface area contributed by atoms with Crippen LogP contribution >= 0.6 is 23.2 Å². The molecule has 1 amide bonds. The van der Waals surface area contributed by atoms with Gasteiger partial charge in [0.1, 0.15) is 0 Å². The Labute approximate surface area is 124 Å². The molecule has 20 heavy (non-hydrogen) atoms. The summed E-state index contributed by atoms with van der Waals surface area (Å²) in [6.07, 6.45) is 1.33. The van der Waals surface area contributed by atoms with E-state index < -0.39 is 11.9 Å². The van der Waals surface area contributed by atoms with E-state index in [0.717, 1.165) is 0 Å². The van der Waals surface area contributed by atoms with Crippen molar-refractivity contribution in [3.8, 4) is 0 Å². The standard InChI is InChI=1S/C13H8Cl2N2O3/c14-8-4-3-7(6-9(8)15)12(18)17-10-2-1-5-16-11(10)13(19)20/h1-6H,(H,17,18)(H,19,20). The van der Waals surface area contributed by atoms with E-state index in [4.69, 9.17) is 28.3 Å². The molecule has 0 fully saturated rings. The summed E-state index contributed by atoms with van der Waals surface area (Å²) < 4.78 is 0. The molecule has 0 spiro atoms. The van der Waals surface area contributed by atoms with E-state index in [1.165, 1.54) is 36.5 Å². The Bertz CT molecular complexity index is 689. The number of nitrogens with one attached hydrogen (secondary N) is 1. The van der Waals surface area contributed by atoms with Crippen LogP contribution in [0.3, 0.4) is 0 Å². The lowest BCUT2D eigenvalue weighted by Gasteiger charge is -2.08. The number of amides is 1. The first-order valence-corrected chi connectivity index (χ1v) is 6.19. The van der Waals surface area contributed by atoms with Gasteiger partial charge in [-0.05, 0) is 30.3 Å². The molecule has 0 radical (unpaired) electrons. The first kappa shape index (κ1) is 14.3. The van der Waals surface area contributed by atoms with E-state index in [1.807, 2.05) is 0 Å². The lowest BCUT2D eigenvalue weighted by molar-refractivity contribution is 0.0692. The van der Waals surface area contributed by atoms with Crippen LogP contribution in [0, 0.1) is 0 Å². The highest BCUT2D eigenvalue weighted by Gasteiger charge is 2.15. The molecule has 5 nitrogen and oxygen atoms in total. The normalized spacial score (nSPS) is 10.1. The Balaban J connectivity index is 2.28. The molecule has 0 aliphatic rings. The molecule has 2 aromatic rings. The van der Waals surface area contributed by atoms with Crippen molar-refractivity contribution in [2.45, 2.75) is 0 Å². The van der Waals surface area contributed by atoms with Gasteiger partial charge < -0.3 is 10.4 Å². The van der Waals surface area contributed by atoms with Gasteiger partial charge in [0.2, 0.25) is 0 Å². The summed E-state index contributed by atoms with van der Waals surface area (Å²) in [5, 5.41) is 12.0. The van der Waals surface area contributed by atoms with E-state index in [2.05, 4.69) is 10.3 Å². The lowest BCUT2D eigenvalue weighted by Crippen LogP contribution is -2.15. The van der Waals surface area contributed by atoms with E-state index in [1.54, 1.807) is 0 Å². The number of carboxylic acids is 1. The Morgan fingerprint density at radius 3 is 2.55 bits per heavy atom. The molecule has 1 aromatic carbocycles. The number of anilines is 1. The SMILES string of the molecule is O=C(Nc1cccnc1C(=O)O)c1ccc(Cl)c(Cl)c1. The number of carbonyl (C=O) groups is 2. The number of pyridine rings is 1. The van der Waals surface area contributed by atoms with E-state index in [-0.39, 0.29) is 22.0 Å². The fourth-order valence-corrected chi connectivity index (χ4v) is 1.81. The quantitative estimate of drug-likeness (QED) is 0.911.